The van der Waals surface area contributed by atoms with Crippen LogP contribution in [-0.4, -0.2) is 4.92 Å². The molecule has 0 radical (unpaired) electrons. The van der Waals surface area contributed by atoms with E-state index in [2.05, 4.69) is 21.2 Å². The Balaban J connectivity index is 2.10. The maximum Gasteiger partial charge on any atom is 0.283 e. The van der Waals surface area contributed by atoms with Crippen LogP contribution < -0.4 is 5.32 Å². The summed E-state index contributed by atoms with van der Waals surface area (Å²) in [6, 6.07) is 12.7. The summed E-state index contributed by atoms with van der Waals surface area (Å²) in [6.07, 6.45) is 0. The van der Waals surface area contributed by atoms with Crippen molar-refractivity contribution < 1.29 is 4.92 Å². The van der Waals surface area contributed by atoms with Crippen molar-refractivity contribution in [3.8, 4) is 0 Å². The van der Waals surface area contributed by atoms with Gasteiger partial charge in [0.25, 0.3) is 5.69 Å². The molecule has 0 saturated carbocycles. The van der Waals surface area contributed by atoms with Crippen LogP contribution >= 0.6 is 27.5 Å². The molecule has 2 aromatic carbocycles. The summed E-state index contributed by atoms with van der Waals surface area (Å²) in [5, 5.41) is 14.9. The van der Waals surface area contributed by atoms with Crippen molar-refractivity contribution in [2.75, 3.05) is 0 Å². The molecule has 0 aliphatic heterocycles. The first kappa shape index (κ1) is 15.9. The fraction of sp³-hybridized carbons (Fsp3) is 0.200. The molecular weight excluding hydrogens is 356 g/mol. The van der Waals surface area contributed by atoms with Gasteiger partial charge in [0.15, 0.2) is 0 Å². The highest BCUT2D eigenvalue weighted by atomic mass is 79.9. The number of nitrogens with one attached hydrogen (secondary N) is 1. The minimum atomic E-state index is -0.395. The number of benzene rings is 2. The zero-order valence-corrected chi connectivity index (χ0v) is 13.7. The molecule has 4 nitrogen and oxygen atoms in total. The summed E-state index contributed by atoms with van der Waals surface area (Å²) in [5.74, 6) is 0. The highest BCUT2D eigenvalue weighted by molar-refractivity contribution is 9.10. The molecule has 1 unspecified atom stereocenters. The van der Waals surface area contributed by atoms with Crippen LogP contribution in [0, 0.1) is 10.1 Å². The van der Waals surface area contributed by atoms with Crippen LogP contribution in [0.15, 0.2) is 46.9 Å². The minimum absolute atomic E-state index is 0.0738. The van der Waals surface area contributed by atoms with E-state index in [0.29, 0.717) is 16.0 Å². The molecule has 0 saturated heterocycles. The van der Waals surface area contributed by atoms with Crippen LogP contribution in [0.5, 0.6) is 0 Å². The maximum absolute atomic E-state index is 10.9. The van der Waals surface area contributed by atoms with Crippen molar-refractivity contribution in [3.63, 3.8) is 0 Å². The smallest absolute Gasteiger partial charge is 0.283 e. The molecule has 0 spiro atoms. The molecule has 0 fully saturated rings. The number of hydrogen-bond acceptors (Lipinski definition) is 3. The van der Waals surface area contributed by atoms with E-state index in [4.69, 9.17) is 11.6 Å². The van der Waals surface area contributed by atoms with Gasteiger partial charge < -0.3 is 5.32 Å². The van der Waals surface area contributed by atoms with Crippen LogP contribution in [0.3, 0.4) is 0 Å². The molecule has 0 heterocycles. The largest absolute Gasteiger partial charge is 0.306 e. The summed E-state index contributed by atoms with van der Waals surface area (Å²) in [7, 11) is 0. The molecule has 110 valence electrons. The van der Waals surface area contributed by atoms with E-state index in [1.165, 1.54) is 6.07 Å². The molecule has 0 aliphatic rings. The van der Waals surface area contributed by atoms with Crippen LogP contribution in [-0.2, 0) is 6.54 Å². The lowest BCUT2D eigenvalue weighted by Crippen LogP contribution is -2.18. The summed E-state index contributed by atoms with van der Waals surface area (Å²) in [4.78, 5) is 10.5. The SMILES string of the molecule is CC(NCc1cccc([N+](=O)[O-])c1Br)c1cccc(Cl)c1. The van der Waals surface area contributed by atoms with Gasteiger partial charge in [-0.3, -0.25) is 10.1 Å². The molecular formula is C15H14BrClN2O2. The van der Waals surface area contributed by atoms with Gasteiger partial charge in [-0.05, 0) is 46.1 Å². The van der Waals surface area contributed by atoms with Crippen LogP contribution in [0.2, 0.25) is 5.02 Å². The Kier molecular flexibility index (Phi) is 5.33. The lowest BCUT2D eigenvalue weighted by molar-refractivity contribution is -0.385. The van der Waals surface area contributed by atoms with Gasteiger partial charge in [0, 0.05) is 23.7 Å². The number of rotatable bonds is 5. The summed E-state index contributed by atoms with van der Waals surface area (Å²) >= 11 is 9.27. The highest BCUT2D eigenvalue weighted by Gasteiger charge is 2.15. The van der Waals surface area contributed by atoms with E-state index >= 15 is 0 Å². The van der Waals surface area contributed by atoms with Crippen LogP contribution in [0.25, 0.3) is 0 Å². The van der Waals surface area contributed by atoms with Crippen molar-refractivity contribution in [1.29, 1.82) is 0 Å². The second-order valence-corrected chi connectivity index (χ2v) is 5.89. The van der Waals surface area contributed by atoms with E-state index in [-0.39, 0.29) is 11.7 Å². The summed E-state index contributed by atoms with van der Waals surface area (Å²) in [6.45, 7) is 2.55. The zero-order valence-electron chi connectivity index (χ0n) is 11.3. The van der Waals surface area contributed by atoms with E-state index in [9.17, 15) is 10.1 Å². The third kappa shape index (κ3) is 4.03. The molecule has 21 heavy (non-hydrogen) atoms. The maximum atomic E-state index is 10.9. The van der Waals surface area contributed by atoms with Gasteiger partial charge in [-0.1, -0.05) is 35.9 Å². The van der Waals surface area contributed by atoms with Crippen LogP contribution in [0.1, 0.15) is 24.1 Å². The summed E-state index contributed by atoms with van der Waals surface area (Å²) < 4.78 is 0.515. The van der Waals surface area contributed by atoms with Crippen molar-refractivity contribution in [2.45, 2.75) is 19.5 Å². The molecule has 2 aromatic rings. The molecule has 1 N–H and O–H groups in total. The predicted molar refractivity (Wildman–Crippen MR) is 87.5 cm³/mol. The summed E-state index contributed by atoms with van der Waals surface area (Å²) in [5.41, 5.74) is 1.99. The van der Waals surface area contributed by atoms with Gasteiger partial charge in [-0.25, -0.2) is 0 Å². The molecule has 0 amide bonds. The first-order chi connectivity index (χ1) is 9.99. The number of halogens is 2. The van der Waals surface area contributed by atoms with E-state index in [1.807, 2.05) is 37.3 Å². The fourth-order valence-corrected chi connectivity index (χ4v) is 2.75. The third-order valence-electron chi connectivity index (χ3n) is 3.20. The zero-order chi connectivity index (χ0) is 15.4. The fourth-order valence-electron chi connectivity index (χ4n) is 2.00. The normalized spacial score (nSPS) is 12.1. The Morgan fingerprint density at radius 3 is 2.71 bits per heavy atom. The van der Waals surface area contributed by atoms with Gasteiger partial charge in [-0.15, -0.1) is 0 Å². The van der Waals surface area contributed by atoms with Gasteiger partial charge in [0.1, 0.15) is 0 Å². The predicted octanol–water partition coefficient (Wildman–Crippen LogP) is 4.86. The van der Waals surface area contributed by atoms with Crippen molar-refractivity contribution in [3.05, 3.63) is 73.2 Å². The van der Waals surface area contributed by atoms with Gasteiger partial charge in [-0.2, -0.15) is 0 Å². The topological polar surface area (TPSA) is 55.2 Å². The lowest BCUT2D eigenvalue weighted by Gasteiger charge is -2.15. The van der Waals surface area contributed by atoms with E-state index in [1.54, 1.807) is 6.07 Å². The second kappa shape index (κ2) is 7.02. The Bertz CT molecular complexity index is 664. The molecule has 0 aromatic heterocycles. The average Bonchev–Trinajstić information content (AvgIpc) is 2.45. The van der Waals surface area contributed by atoms with E-state index < -0.39 is 4.92 Å². The first-order valence-corrected chi connectivity index (χ1v) is 7.56. The monoisotopic (exact) mass is 368 g/mol. The van der Waals surface area contributed by atoms with E-state index in [0.717, 1.165) is 11.1 Å². The second-order valence-electron chi connectivity index (χ2n) is 4.66. The lowest BCUT2D eigenvalue weighted by atomic mass is 10.1. The number of nitro groups is 1. The van der Waals surface area contributed by atoms with Crippen molar-refractivity contribution >= 4 is 33.2 Å². The third-order valence-corrected chi connectivity index (χ3v) is 4.35. The van der Waals surface area contributed by atoms with Gasteiger partial charge in [0.2, 0.25) is 0 Å². The Morgan fingerprint density at radius 2 is 2.05 bits per heavy atom. The quantitative estimate of drug-likeness (QED) is 0.605. The standard InChI is InChI=1S/C15H14BrClN2O2/c1-10(11-4-2-6-13(17)8-11)18-9-12-5-3-7-14(15(12)16)19(20)21/h2-8,10,18H,9H2,1H3. The number of nitrogens with zero attached hydrogens (tertiary/aromatic N) is 1. The molecule has 0 aliphatic carbocycles. The first-order valence-electron chi connectivity index (χ1n) is 6.39. The highest BCUT2D eigenvalue weighted by Crippen LogP contribution is 2.28. The molecule has 2 rings (SSSR count). The van der Waals surface area contributed by atoms with Crippen LogP contribution in [0.4, 0.5) is 5.69 Å². The van der Waals surface area contributed by atoms with Gasteiger partial charge in [0.05, 0.1) is 9.40 Å². The Labute approximate surface area is 136 Å². The molecule has 0 bridgehead atoms. The Hall–Kier alpha value is -1.43. The number of nitro benzene ring substituents is 1. The number of hydrogen-bond donors (Lipinski definition) is 1. The Morgan fingerprint density at radius 1 is 1.33 bits per heavy atom. The van der Waals surface area contributed by atoms with Crippen molar-refractivity contribution in [1.82, 2.24) is 5.32 Å². The minimum Gasteiger partial charge on any atom is -0.306 e. The van der Waals surface area contributed by atoms with Crippen molar-refractivity contribution in [2.24, 2.45) is 0 Å². The van der Waals surface area contributed by atoms with Gasteiger partial charge >= 0.3 is 0 Å². The molecule has 1 atom stereocenters. The average molecular weight is 370 g/mol. The molecule has 6 heteroatoms.